The number of sulfone groups is 1. The van der Waals surface area contributed by atoms with Crippen LogP contribution >= 0.6 is 11.8 Å². The van der Waals surface area contributed by atoms with Gasteiger partial charge in [0.15, 0.2) is 0 Å². The molecule has 0 fully saturated rings. The maximum Gasteiger partial charge on any atom is 0.337 e. The van der Waals surface area contributed by atoms with Crippen molar-refractivity contribution in [1.29, 1.82) is 0 Å². The Balaban J connectivity index is 2.68. The van der Waals surface area contributed by atoms with E-state index >= 15 is 0 Å². The van der Waals surface area contributed by atoms with Gasteiger partial charge >= 0.3 is 5.97 Å². The fraction of sp³-hybridized carbons (Fsp3) is 0.300. The first-order valence-corrected chi connectivity index (χ1v) is 7.77. The van der Waals surface area contributed by atoms with Gasteiger partial charge in [0.05, 0.1) is 11.3 Å². The van der Waals surface area contributed by atoms with Crippen LogP contribution in [0, 0.1) is 0 Å². The van der Waals surface area contributed by atoms with Gasteiger partial charge < -0.3 is 10.8 Å². The van der Waals surface area contributed by atoms with E-state index in [1.54, 1.807) is 6.07 Å². The lowest BCUT2D eigenvalue weighted by molar-refractivity contribution is 0.0698. The van der Waals surface area contributed by atoms with Crippen LogP contribution in [0.15, 0.2) is 23.1 Å². The van der Waals surface area contributed by atoms with Crippen molar-refractivity contribution < 1.29 is 18.3 Å². The van der Waals surface area contributed by atoms with Crippen molar-refractivity contribution in [3.63, 3.8) is 0 Å². The Morgan fingerprint density at radius 3 is 2.59 bits per heavy atom. The molecule has 1 rings (SSSR count). The number of carboxylic acid groups (broad SMARTS) is 1. The Bertz CT molecular complexity index is 525. The van der Waals surface area contributed by atoms with Crippen LogP contribution in [0.5, 0.6) is 0 Å². The van der Waals surface area contributed by atoms with Crippen molar-refractivity contribution >= 4 is 33.3 Å². The number of anilines is 1. The number of nitrogen functional groups attached to an aromatic ring is 1. The highest BCUT2D eigenvalue weighted by Gasteiger charge is 2.08. The number of nitrogens with two attached hydrogens (primary N) is 1. The van der Waals surface area contributed by atoms with Crippen LogP contribution in [0.2, 0.25) is 0 Å². The highest BCUT2D eigenvalue weighted by molar-refractivity contribution is 8.00. The van der Waals surface area contributed by atoms with Crippen molar-refractivity contribution in [2.75, 3.05) is 23.5 Å². The summed E-state index contributed by atoms with van der Waals surface area (Å²) < 4.78 is 21.8. The zero-order valence-corrected chi connectivity index (χ0v) is 10.8. The normalized spacial score (nSPS) is 11.4. The standard InChI is InChI=1S/C10H13NO4S2/c1-17(14,15)5-4-16-7-2-3-8(10(12)13)9(11)6-7/h2-3,6H,4-5,11H2,1H3,(H,12,13). The number of rotatable bonds is 5. The van der Waals surface area contributed by atoms with Crippen LogP contribution in [0.4, 0.5) is 5.69 Å². The lowest BCUT2D eigenvalue weighted by atomic mass is 10.2. The SMILES string of the molecule is CS(=O)(=O)CCSc1ccc(C(=O)O)c(N)c1. The molecule has 0 atom stereocenters. The summed E-state index contributed by atoms with van der Waals surface area (Å²) >= 11 is 1.33. The van der Waals surface area contributed by atoms with Crippen molar-refractivity contribution in [2.24, 2.45) is 0 Å². The monoisotopic (exact) mass is 275 g/mol. The molecule has 0 heterocycles. The molecule has 0 saturated carbocycles. The fourth-order valence-electron chi connectivity index (χ4n) is 1.14. The number of carboxylic acids is 1. The van der Waals surface area contributed by atoms with Gasteiger partial charge in [0, 0.05) is 22.6 Å². The molecule has 3 N–H and O–H groups in total. The molecule has 0 aromatic heterocycles. The molecule has 0 aliphatic heterocycles. The van der Waals surface area contributed by atoms with E-state index < -0.39 is 15.8 Å². The average Bonchev–Trinajstić information content (AvgIpc) is 2.15. The third-order valence-corrected chi connectivity index (χ3v) is 4.18. The van der Waals surface area contributed by atoms with Crippen molar-refractivity contribution in [3.8, 4) is 0 Å². The maximum atomic E-state index is 10.9. The summed E-state index contributed by atoms with van der Waals surface area (Å²) in [5, 5.41) is 8.77. The number of aromatic carboxylic acids is 1. The molecule has 0 bridgehead atoms. The lowest BCUT2D eigenvalue weighted by Crippen LogP contribution is -2.05. The molecule has 1 aromatic carbocycles. The van der Waals surface area contributed by atoms with E-state index in [2.05, 4.69) is 0 Å². The Morgan fingerprint density at radius 2 is 2.12 bits per heavy atom. The Morgan fingerprint density at radius 1 is 1.47 bits per heavy atom. The number of hydrogen-bond acceptors (Lipinski definition) is 5. The van der Waals surface area contributed by atoms with Crippen molar-refractivity contribution in [3.05, 3.63) is 23.8 Å². The zero-order chi connectivity index (χ0) is 13.1. The summed E-state index contributed by atoms with van der Waals surface area (Å²) in [4.78, 5) is 11.5. The van der Waals surface area contributed by atoms with Gasteiger partial charge in [-0.1, -0.05) is 0 Å². The Kier molecular flexibility index (Phi) is 4.41. The summed E-state index contributed by atoms with van der Waals surface area (Å²) in [6, 6.07) is 4.57. The van der Waals surface area contributed by atoms with Crippen LogP contribution in [-0.4, -0.2) is 37.3 Å². The number of benzene rings is 1. The first kappa shape index (κ1) is 13.9. The molecular weight excluding hydrogens is 262 g/mol. The predicted molar refractivity (Wildman–Crippen MR) is 68.2 cm³/mol. The third kappa shape index (κ3) is 4.66. The molecular formula is C10H13NO4S2. The highest BCUT2D eigenvalue weighted by atomic mass is 32.2. The minimum atomic E-state index is -2.97. The van der Waals surface area contributed by atoms with Gasteiger partial charge in [0.25, 0.3) is 0 Å². The van der Waals surface area contributed by atoms with Gasteiger partial charge in [-0.3, -0.25) is 0 Å². The minimum absolute atomic E-state index is 0.0532. The van der Waals surface area contributed by atoms with Crippen LogP contribution in [-0.2, 0) is 9.84 Å². The Labute approximate surface area is 104 Å². The van der Waals surface area contributed by atoms with Crippen LogP contribution in [0.25, 0.3) is 0 Å². The van der Waals surface area contributed by atoms with E-state index in [0.717, 1.165) is 4.90 Å². The topological polar surface area (TPSA) is 97.5 Å². The molecule has 7 heteroatoms. The molecule has 0 radical (unpaired) electrons. The zero-order valence-electron chi connectivity index (χ0n) is 9.21. The van der Waals surface area contributed by atoms with E-state index in [0.29, 0.717) is 5.75 Å². The van der Waals surface area contributed by atoms with E-state index in [4.69, 9.17) is 10.8 Å². The third-order valence-electron chi connectivity index (χ3n) is 1.98. The molecule has 0 amide bonds. The number of hydrogen-bond donors (Lipinski definition) is 2. The molecule has 0 saturated heterocycles. The van der Waals surface area contributed by atoms with Crippen molar-refractivity contribution in [2.45, 2.75) is 4.90 Å². The van der Waals surface area contributed by atoms with Gasteiger partial charge in [-0.25, -0.2) is 13.2 Å². The first-order valence-electron chi connectivity index (χ1n) is 4.73. The second-order valence-electron chi connectivity index (χ2n) is 3.53. The van der Waals surface area contributed by atoms with E-state index in [1.165, 1.54) is 30.2 Å². The molecule has 0 unspecified atom stereocenters. The van der Waals surface area contributed by atoms with E-state index in [1.807, 2.05) is 0 Å². The summed E-state index contributed by atoms with van der Waals surface area (Å²) in [6.07, 6.45) is 1.18. The number of carbonyl (C=O) groups is 1. The Hall–Kier alpha value is -1.21. The summed E-state index contributed by atoms with van der Waals surface area (Å²) in [6.45, 7) is 0. The number of thioether (sulfide) groups is 1. The quantitative estimate of drug-likeness (QED) is 0.617. The van der Waals surface area contributed by atoms with Gasteiger partial charge in [-0.2, -0.15) is 0 Å². The summed E-state index contributed by atoms with van der Waals surface area (Å²) in [5.74, 6) is -0.571. The molecule has 0 aliphatic rings. The fourth-order valence-corrected chi connectivity index (χ4v) is 3.29. The first-order chi connectivity index (χ1) is 7.79. The molecule has 0 spiro atoms. The average molecular weight is 275 g/mol. The summed E-state index contributed by atoms with van der Waals surface area (Å²) in [5.41, 5.74) is 5.80. The lowest BCUT2D eigenvalue weighted by Gasteiger charge is -2.04. The van der Waals surface area contributed by atoms with E-state index in [9.17, 15) is 13.2 Å². The van der Waals surface area contributed by atoms with Crippen molar-refractivity contribution in [1.82, 2.24) is 0 Å². The molecule has 94 valence electrons. The molecule has 5 nitrogen and oxygen atoms in total. The van der Waals surface area contributed by atoms with E-state index in [-0.39, 0.29) is 17.0 Å². The summed E-state index contributed by atoms with van der Waals surface area (Å²) in [7, 11) is -2.97. The molecule has 17 heavy (non-hydrogen) atoms. The maximum absolute atomic E-state index is 10.9. The van der Waals surface area contributed by atoms with Gasteiger partial charge in [0.2, 0.25) is 0 Å². The smallest absolute Gasteiger partial charge is 0.337 e. The second-order valence-corrected chi connectivity index (χ2v) is 6.96. The van der Waals surface area contributed by atoms with Crippen LogP contribution in [0.3, 0.4) is 0 Å². The minimum Gasteiger partial charge on any atom is -0.478 e. The largest absolute Gasteiger partial charge is 0.478 e. The van der Waals surface area contributed by atoms with Crippen LogP contribution < -0.4 is 5.73 Å². The van der Waals surface area contributed by atoms with Gasteiger partial charge in [-0.05, 0) is 18.2 Å². The van der Waals surface area contributed by atoms with Crippen LogP contribution in [0.1, 0.15) is 10.4 Å². The second kappa shape index (κ2) is 5.42. The van der Waals surface area contributed by atoms with Gasteiger partial charge in [0.1, 0.15) is 9.84 Å². The molecule has 0 aliphatic carbocycles. The van der Waals surface area contributed by atoms with Gasteiger partial charge in [-0.15, -0.1) is 11.8 Å². The molecule has 1 aromatic rings. The predicted octanol–water partition coefficient (Wildman–Crippen LogP) is 1.10. The highest BCUT2D eigenvalue weighted by Crippen LogP contribution is 2.23.